The van der Waals surface area contributed by atoms with E-state index in [0.29, 0.717) is 11.3 Å². The van der Waals surface area contributed by atoms with Crippen molar-refractivity contribution in [1.82, 2.24) is 0 Å². The van der Waals surface area contributed by atoms with Gasteiger partial charge < -0.3 is 19.6 Å². The molecule has 0 bridgehead atoms. The van der Waals surface area contributed by atoms with E-state index in [1.54, 1.807) is 36.0 Å². The first kappa shape index (κ1) is 18.7. The van der Waals surface area contributed by atoms with Crippen molar-refractivity contribution >= 4 is 17.7 Å². The Labute approximate surface area is 171 Å². The predicted octanol–water partition coefficient (Wildman–Crippen LogP) is 4.44. The van der Waals surface area contributed by atoms with Crippen molar-refractivity contribution in [3.05, 3.63) is 89.2 Å². The molecule has 1 aliphatic rings. The fourth-order valence-corrected chi connectivity index (χ4v) is 3.60. The maximum Gasteiger partial charge on any atom is 0.379 e. The van der Waals surface area contributed by atoms with Gasteiger partial charge in [-0.25, -0.2) is 4.79 Å². The van der Waals surface area contributed by atoms with Crippen LogP contribution in [-0.2, 0) is 0 Å². The van der Waals surface area contributed by atoms with Crippen LogP contribution < -0.4 is 15.2 Å². The smallest absolute Gasteiger partial charge is 0.379 e. The maximum atomic E-state index is 12.1. The molecule has 2 heterocycles. The van der Waals surface area contributed by atoms with Crippen LogP contribution in [0.5, 0.6) is 11.5 Å². The standard InChI is InChI=1S/C22H16N2O4S/c1-29-15-7-4-13(5-8-15)20-16-9-6-14(27-22(25)18-3-2-10-26-18)11-19(16)28-21(24)17(20)12-23/h2-11,20H,24H2,1H3. The van der Waals surface area contributed by atoms with E-state index in [9.17, 15) is 10.1 Å². The van der Waals surface area contributed by atoms with E-state index in [1.165, 1.54) is 12.3 Å². The Kier molecular flexibility index (Phi) is 5.02. The quantitative estimate of drug-likeness (QED) is 0.390. The van der Waals surface area contributed by atoms with Crippen LogP contribution in [0.3, 0.4) is 0 Å². The zero-order valence-electron chi connectivity index (χ0n) is 15.4. The largest absolute Gasteiger partial charge is 0.457 e. The van der Waals surface area contributed by atoms with Crippen molar-refractivity contribution in [2.75, 3.05) is 6.26 Å². The number of carbonyl (C=O) groups is 1. The van der Waals surface area contributed by atoms with Gasteiger partial charge >= 0.3 is 5.97 Å². The summed E-state index contributed by atoms with van der Waals surface area (Å²) in [7, 11) is 0. The van der Waals surface area contributed by atoms with Crippen LogP contribution in [0, 0.1) is 11.3 Å². The van der Waals surface area contributed by atoms with E-state index in [4.69, 9.17) is 19.6 Å². The van der Waals surface area contributed by atoms with Crippen molar-refractivity contribution in [1.29, 1.82) is 5.26 Å². The minimum Gasteiger partial charge on any atom is -0.457 e. The molecule has 29 heavy (non-hydrogen) atoms. The molecule has 0 amide bonds. The van der Waals surface area contributed by atoms with Crippen LogP contribution in [0.2, 0.25) is 0 Å². The lowest BCUT2D eigenvalue weighted by molar-refractivity contribution is 0.0701. The molecule has 0 saturated heterocycles. The third kappa shape index (κ3) is 3.58. The lowest BCUT2D eigenvalue weighted by Gasteiger charge is -2.26. The van der Waals surface area contributed by atoms with Gasteiger partial charge in [0.1, 0.15) is 23.1 Å². The average Bonchev–Trinajstić information content (AvgIpc) is 3.28. The van der Waals surface area contributed by atoms with E-state index < -0.39 is 5.97 Å². The van der Waals surface area contributed by atoms with Crippen LogP contribution in [0.25, 0.3) is 0 Å². The van der Waals surface area contributed by atoms with Gasteiger partial charge in [0.15, 0.2) is 0 Å². The summed E-state index contributed by atoms with van der Waals surface area (Å²) in [6, 6.07) is 18.2. The van der Waals surface area contributed by atoms with Crippen LogP contribution >= 0.6 is 11.8 Å². The van der Waals surface area contributed by atoms with E-state index in [1.807, 2.05) is 30.5 Å². The number of benzene rings is 2. The summed E-state index contributed by atoms with van der Waals surface area (Å²) in [6.07, 6.45) is 3.40. The number of nitrogens with two attached hydrogens (primary N) is 1. The molecule has 0 spiro atoms. The first-order chi connectivity index (χ1) is 14.1. The van der Waals surface area contributed by atoms with Gasteiger partial charge in [-0.05, 0) is 42.2 Å². The van der Waals surface area contributed by atoms with Crippen molar-refractivity contribution in [2.45, 2.75) is 10.8 Å². The summed E-state index contributed by atoms with van der Waals surface area (Å²) in [6.45, 7) is 0. The lowest BCUT2D eigenvalue weighted by Crippen LogP contribution is -2.21. The second-order valence-corrected chi connectivity index (χ2v) is 7.14. The number of furan rings is 1. The first-order valence-corrected chi connectivity index (χ1v) is 9.94. The minimum atomic E-state index is -0.615. The van der Waals surface area contributed by atoms with E-state index >= 15 is 0 Å². The summed E-state index contributed by atoms with van der Waals surface area (Å²) in [4.78, 5) is 13.2. The molecule has 6 nitrogen and oxygen atoms in total. The molecule has 2 aromatic carbocycles. The highest BCUT2D eigenvalue weighted by Gasteiger charge is 2.31. The molecule has 1 aromatic heterocycles. The van der Waals surface area contributed by atoms with E-state index in [-0.39, 0.29) is 23.3 Å². The zero-order valence-corrected chi connectivity index (χ0v) is 16.2. The number of ether oxygens (including phenoxy) is 2. The highest BCUT2D eigenvalue weighted by Crippen LogP contribution is 2.43. The number of fused-ring (bicyclic) bond motifs is 1. The predicted molar refractivity (Wildman–Crippen MR) is 108 cm³/mol. The molecular weight excluding hydrogens is 388 g/mol. The number of carbonyl (C=O) groups excluding carboxylic acids is 1. The Bertz CT molecular complexity index is 1130. The Balaban J connectivity index is 1.70. The summed E-state index contributed by atoms with van der Waals surface area (Å²) in [5.41, 5.74) is 8.06. The van der Waals surface area contributed by atoms with Crippen LogP contribution in [0.15, 0.2) is 81.6 Å². The van der Waals surface area contributed by atoms with Gasteiger partial charge in [0, 0.05) is 16.5 Å². The van der Waals surface area contributed by atoms with Gasteiger partial charge in [0.05, 0.1) is 12.2 Å². The van der Waals surface area contributed by atoms with E-state index in [0.717, 1.165) is 16.0 Å². The topological polar surface area (TPSA) is 98.5 Å². The Morgan fingerprint density at radius 2 is 2.00 bits per heavy atom. The number of rotatable bonds is 4. The molecule has 7 heteroatoms. The minimum absolute atomic E-state index is 0.0356. The zero-order chi connectivity index (χ0) is 20.4. The number of thioether (sulfide) groups is 1. The Morgan fingerprint density at radius 1 is 1.21 bits per heavy atom. The second-order valence-electron chi connectivity index (χ2n) is 6.26. The average molecular weight is 404 g/mol. The van der Waals surface area contributed by atoms with Crippen LogP contribution in [-0.4, -0.2) is 12.2 Å². The van der Waals surface area contributed by atoms with Gasteiger partial charge in [0.2, 0.25) is 11.6 Å². The normalized spacial score (nSPS) is 15.2. The Hall–Kier alpha value is -3.63. The number of hydrogen-bond acceptors (Lipinski definition) is 7. The van der Waals surface area contributed by atoms with Gasteiger partial charge in [-0.15, -0.1) is 11.8 Å². The van der Waals surface area contributed by atoms with Crippen LogP contribution in [0.1, 0.15) is 27.6 Å². The highest BCUT2D eigenvalue weighted by atomic mass is 32.2. The molecule has 2 N–H and O–H groups in total. The van der Waals surface area contributed by atoms with E-state index in [2.05, 4.69) is 6.07 Å². The molecule has 3 aromatic rings. The SMILES string of the molecule is CSc1ccc(C2C(C#N)=C(N)Oc3cc(OC(=O)c4ccco4)ccc32)cc1. The van der Waals surface area contributed by atoms with Crippen molar-refractivity contribution < 1.29 is 18.7 Å². The third-order valence-electron chi connectivity index (χ3n) is 4.57. The van der Waals surface area contributed by atoms with Crippen molar-refractivity contribution in [3.8, 4) is 17.6 Å². The molecule has 4 rings (SSSR count). The fraction of sp³-hybridized carbons (Fsp3) is 0.0909. The van der Waals surface area contributed by atoms with Crippen LogP contribution in [0.4, 0.5) is 0 Å². The first-order valence-electron chi connectivity index (χ1n) is 8.72. The number of allylic oxidation sites excluding steroid dienone is 1. The monoisotopic (exact) mass is 404 g/mol. The van der Waals surface area contributed by atoms with Gasteiger partial charge in [-0.1, -0.05) is 18.2 Å². The number of esters is 1. The summed E-state index contributed by atoms with van der Waals surface area (Å²) >= 11 is 1.64. The molecule has 1 atom stereocenters. The fourth-order valence-electron chi connectivity index (χ4n) is 3.19. The number of nitriles is 1. The lowest BCUT2D eigenvalue weighted by atomic mass is 9.83. The molecule has 1 unspecified atom stereocenters. The second kappa shape index (κ2) is 7.78. The van der Waals surface area contributed by atoms with Gasteiger partial charge in [-0.2, -0.15) is 5.26 Å². The van der Waals surface area contributed by atoms with Crippen molar-refractivity contribution in [2.24, 2.45) is 5.73 Å². The van der Waals surface area contributed by atoms with Gasteiger partial charge in [-0.3, -0.25) is 0 Å². The maximum absolute atomic E-state index is 12.1. The molecule has 0 radical (unpaired) electrons. The molecule has 144 valence electrons. The molecular formula is C22H16N2O4S. The summed E-state index contributed by atoms with van der Waals surface area (Å²) in [5.74, 6) is -0.124. The Morgan fingerprint density at radius 3 is 2.66 bits per heavy atom. The molecule has 0 aliphatic carbocycles. The van der Waals surface area contributed by atoms with Crippen molar-refractivity contribution in [3.63, 3.8) is 0 Å². The van der Waals surface area contributed by atoms with Gasteiger partial charge in [0.25, 0.3) is 0 Å². The number of hydrogen-bond donors (Lipinski definition) is 1. The summed E-state index contributed by atoms with van der Waals surface area (Å²) < 4.78 is 16.1. The highest BCUT2D eigenvalue weighted by molar-refractivity contribution is 7.98. The molecule has 0 fully saturated rings. The molecule has 1 aliphatic heterocycles. The summed E-state index contributed by atoms with van der Waals surface area (Å²) in [5, 5.41) is 9.65. The number of nitrogens with zero attached hydrogens (tertiary/aromatic N) is 1. The molecule has 0 saturated carbocycles. The third-order valence-corrected chi connectivity index (χ3v) is 5.32.